The molecule has 0 radical (unpaired) electrons. The van der Waals surface area contributed by atoms with E-state index in [1.165, 1.54) is 0 Å². The van der Waals surface area contributed by atoms with E-state index in [2.05, 4.69) is 30.7 Å². The Morgan fingerprint density at radius 3 is 2.50 bits per heavy atom. The van der Waals surface area contributed by atoms with Gasteiger partial charge in [-0.15, -0.1) is 0 Å². The molecule has 1 heterocycles. The summed E-state index contributed by atoms with van der Waals surface area (Å²) in [5, 5.41) is 0. The maximum absolute atomic E-state index is 5.93. The Balaban J connectivity index is 2.57. The van der Waals surface area contributed by atoms with Crippen LogP contribution in [0.5, 0.6) is 0 Å². The summed E-state index contributed by atoms with van der Waals surface area (Å²) >= 11 is 0. The summed E-state index contributed by atoms with van der Waals surface area (Å²) < 4.78 is 5.25. The highest BCUT2D eigenvalue weighted by Gasteiger charge is 2.17. The van der Waals surface area contributed by atoms with Gasteiger partial charge >= 0.3 is 0 Å². The van der Waals surface area contributed by atoms with Gasteiger partial charge in [-0.2, -0.15) is 0 Å². The molecule has 0 aromatic rings. The maximum Gasteiger partial charge on any atom is 0.191 e. The summed E-state index contributed by atoms with van der Waals surface area (Å²) in [5.74, 6) is 0.653. The minimum Gasteiger partial charge on any atom is -0.378 e. The zero-order valence-corrected chi connectivity index (χ0v) is 9.42. The minimum atomic E-state index is -0.0532. The van der Waals surface area contributed by atoms with Crippen LogP contribution in [0.15, 0.2) is 4.99 Å². The molecular weight excluding hydrogens is 178 g/mol. The van der Waals surface area contributed by atoms with E-state index in [1.54, 1.807) is 0 Å². The van der Waals surface area contributed by atoms with Gasteiger partial charge in [0.1, 0.15) is 0 Å². The van der Waals surface area contributed by atoms with Crippen molar-refractivity contribution in [2.45, 2.75) is 32.7 Å². The first kappa shape index (κ1) is 11.3. The van der Waals surface area contributed by atoms with Crippen molar-refractivity contribution >= 4 is 5.96 Å². The van der Waals surface area contributed by atoms with E-state index < -0.39 is 0 Å². The molecule has 1 aliphatic heterocycles. The van der Waals surface area contributed by atoms with E-state index in [0.29, 0.717) is 5.96 Å². The molecule has 82 valence electrons. The zero-order valence-electron chi connectivity index (χ0n) is 9.42. The summed E-state index contributed by atoms with van der Waals surface area (Å²) in [5.41, 5.74) is 5.88. The van der Waals surface area contributed by atoms with Crippen LogP contribution in [0.3, 0.4) is 0 Å². The number of hydrogen-bond acceptors (Lipinski definition) is 2. The standard InChI is InChI=1S/C10H21N3O/c1-4-10(2,3)12-9(11)13-5-7-14-8-6-13/h4-8H2,1-3H3,(H2,11,12). The van der Waals surface area contributed by atoms with Gasteiger partial charge in [0.2, 0.25) is 0 Å². The highest BCUT2D eigenvalue weighted by molar-refractivity contribution is 5.78. The summed E-state index contributed by atoms with van der Waals surface area (Å²) in [6.45, 7) is 9.53. The fourth-order valence-corrected chi connectivity index (χ4v) is 1.25. The average molecular weight is 199 g/mol. The van der Waals surface area contributed by atoms with Crippen molar-refractivity contribution in [1.29, 1.82) is 0 Å². The van der Waals surface area contributed by atoms with Crippen LogP contribution in [0, 0.1) is 0 Å². The lowest BCUT2D eigenvalue weighted by molar-refractivity contribution is 0.0671. The molecule has 0 bridgehead atoms. The van der Waals surface area contributed by atoms with E-state index >= 15 is 0 Å². The Labute approximate surface area is 86.1 Å². The van der Waals surface area contributed by atoms with Crippen LogP contribution in [0.4, 0.5) is 0 Å². The third kappa shape index (κ3) is 3.18. The monoisotopic (exact) mass is 199 g/mol. The molecule has 14 heavy (non-hydrogen) atoms. The zero-order chi connectivity index (χ0) is 10.6. The molecule has 0 saturated carbocycles. The number of hydrogen-bond donors (Lipinski definition) is 1. The van der Waals surface area contributed by atoms with Crippen molar-refractivity contribution in [1.82, 2.24) is 4.90 Å². The molecule has 0 atom stereocenters. The lowest BCUT2D eigenvalue weighted by atomic mass is 10.0. The van der Waals surface area contributed by atoms with E-state index in [4.69, 9.17) is 10.5 Å². The third-order valence-electron chi connectivity index (χ3n) is 2.62. The number of rotatable bonds is 2. The van der Waals surface area contributed by atoms with E-state index in [9.17, 15) is 0 Å². The minimum absolute atomic E-state index is 0.0532. The molecule has 0 amide bonds. The highest BCUT2D eigenvalue weighted by Crippen LogP contribution is 2.13. The predicted molar refractivity (Wildman–Crippen MR) is 58.4 cm³/mol. The summed E-state index contributed by atoms with van der Waals surface area (Å²) in [6.07, 6.45) is 0.998. The first-order valence-electron chi connectivity index (χ1n) is 5.23. The molecule has 1 aliphatic rings. The average Bonchev–Trinajstić information content (AvgIpc) is 2.19. The van der Waals surface area contributed by atoms with Crippen molar-refractivity contribution in [3.05, 3.63) is 0 Å². The molecule has 2 N–H and O–H groups in total. The maximum atomic E-state index is 5.93. The smallest absolute Gasteiger partial charge is 0.191 e. The van der Waals surface area contributed by atoms with Crippen LogP contribution in [0.25, 0.3) is 0 Å². The van der Waals surface area contributed by atoms with Gasteiger partial charge in [-0.1, -0.05) is 6.92 Å². The van der Waals surface area contributed by atoms with Gasteiger partial charge in [0.15, 0.2) is 5.96 Å². The molecule has 0 spiro atoms. The van der Waals surface area contributed by atoms with Crippen LogP contribution in [-0.4, -0.2) is 42.7 Å². The molecule has 4 heteroatoms. The SMILES string of the molecule is CCC(C)(C)N=C(N)N1CCOCC1. The summed E-state index contributed by atoms with van der Waals surface area (Å²) in [6, 6.07) is 0. The number of aliphatic imine (C=N–C) groups is 1. The topological polar surface area (TPSA) is 50.8 Å². The second-order valence-electron chi connectivity index (χ2n) is 4.24. The first-order valence-corrected chi connectivity index (χ1v) is 5.23. The third-order valence-corrected chi connectivity index (χ3v) is 2.62. The van der Waals surface area contributed by atoms with Crippen molar-refractivity contribution in [2.24, 2.45) is 10.7 Å². The Bertz CT molecular complexity index is 207. The lowest BCUT2D eigenvalue weighted by Gasteiger charge is -2.29. The number of nitrogens with two attached hydrogens (primary N) is 1. The Kier molecular flexibility index (Phi) is 3.75. The quantitative estimate of drug-likeness (QED) is 0.529. The van der Waals surface area contributed by atoms with Crippen molar-refractivity contribution in [2.75, 3.05) is 26.3 Å². The van der Waals surface area contributed by atoms with Crippen LogP contribution in [0.1, 0.15) is 27.2 Å². The van der Waals surface area contributed by atoms with E-state index in [-0.39, 0.29) is 5.54 Å². The largest absolute Gasteiger partial charge is 0.378 e. The number of morpholine rings is 1. The van der Waals surface area contributed by atoms with Gasteiger partial charge in [0, 0.05) is 13.1 Å². The van der Waals surface area contributed by atoms with Crippen LogP contribution >= 0.6 is 0 Å². The molecule has 0 aliphatic carbocycles. The molecule has 4 nitrogen and oxygen atoms in total. The van der Waals surface area contributed by atoms with Gasteiger partial charge < -0.3 is 15.4 Å². The second-order valence-corrected chi connectivity index (χ2v) is 4.24. The molecule has 1 fully saturated rings. The molecular formula is C10H21N3O. The normalized spacial score (nSPS) is 19.9. The number of ether oxygens (including phenoxy) is 1. The lowest BCUT2D eigenvalue weighted by Crippen LogP contribution is -2.46. The predicted octanol–water partition coefficient (Wildman–Crippen LogP) is 0.822. The molecule has 0 aromatic carbocycles. The van der Waals surface area contributed by atoms with Crippen molar-refractivity contribution < 1.29 is 4.74 Å². The Morgan fingerprint density at radius 2 is 2.00 bits per heavy atom. The van der Waals surface area contributed by atoms with Crippen molar-refractivity contribution in [3.63, 3.8) is 0 Å². The number of nitrogens with zero attached hydrogens (tertiary/aromatic N) is 2. The molecule has 0 unspecified atom stereocenters. The number of guanidine groups is 1. The van der Waals surface area contributed by atoms with Crippen molar-refractivity contribution in [3.8, 4) is 0 Å². The molecule has 0 aromatic heterocycles. The summed E-state index contributed by atoms with van der Waals surface area (Å²) in [4.78, 5) is 6.60. The second kappa shape index (κ2) is 4.64. The van der Waals surface area contributed by atoms with E-state index in [0.717, 1.165) is 32.7 Å². The van der Waals surface area contributed by atoms with Crippen LogP contribution in [0.2, 0.25) is 0 Å². The van der Waals surface area contributed by atoms with Crippen LogP contribution < -0.4 is 5.73 Å². The fourth-order valence-electron chi connectivity index (χ4n) is 1.25. The fraction of sp³-hybridized carbons (Fsp3) is 0.900. The van der Waals surface area contributed by atoms with Gasteiger partial charge in [-0.3, -0.25) is 0 Å². The van der Waals surface area contributed by atoms with Gasteiger partial charge in [0.25, 0.3) is 0 Å². The summed E-state index contributed by atoms with van der Waals surface area (Å²) in [7, 11) is 0. The Hall–Kier alpha value is -0.770. The molecule has 1 saturated heterocycles. The first-order chi connectivity index (χ1) is 6.55. The van der Waals surface area contributed by atoms with E-state index in [1.807, 2.05) is 0 Å². The molecule has 1 rings (SSSR count). The van der Waals surface area contributed by atoms with Gasteiger partial charge in [-0.05, 0) is 20.3 Å². The highest BCUT2D eigenvalue weighted by atomic mass is 16.5. The van der Waals surface area contributed by atoms with Gasteiger partial charge in [0.05, 0.1) is 18.8 Å². The Morgan fingerprint density at radius 1 is 1.43 bits per heavy atom. The van der Waals surface area contributed by atoms with Crippen LogP contribution in [-0.2, 0) is 4.74 Å². The van der Waals surface area contributed by atoms with Gasteiger partial charge in [-0.25, -0.2) is 4.99 Å².